The van der Waals surface area contributed by atoms with Crippen molar-refractivity contribution >= 4 is 28.7 Å². The molecule has 1 aliphatic rings. The van der Waals surface area contributed by atoms with E-state index in [0.717, 1.165) is 5.56 Å². The molecule has 12 heteroatoms. The predicted molar refractivity (Wildman–Crippen MR) is 127 cm³/mol. The molecule has 36 heavy (non-hydrogen) atoms. The lowest BCUT2D eigenvalue weighted by Crippen LogP contribution is -2.54. The molecule has 11 nitrogen and oxygen atoms in total. The number of rotatable bonds is 4. The standard InChI is InChI=1S/C24H22FN7O4/c1-30(2)24(35)31-10-11-32(18(33)13-31)22-16-4-3-9-26-19(16)21(34)20(27-22)23-29-28-17(36-23)12-14-5-7-15(25)8-6-14/h3-9,34H,10-13H2,1-2H3. The Hall–Kier alpha value is -4.61. The van der Waals surface area contributed by atoms with Crippen molar-refractivity contribution in [2.24, 2.45) is 0 Å². The molecular weight excluding hydrogens is 469 g/mol. The summed E-state index contributed by atoms with van der Waals surface area (Å²) in [6.45, 7) is 0.406. The van der Waals surface area contributed by atoms with Crippen molar-refractivity contribution in [1.82, 2.24) is 30.0 Å². The summed E-state index contributed by atoms with van der Waals surface area (Å²) in [6.07, 6.45) is 1.77. The molecule has 5 rings (SSSR count). The van der Waals surface area contributed by atoms with Crippen molar-refractivity contribution in [2.75, 3.05) is 38.6 Å². The zero-order valence-electron chi connectivity index (χ0n) is 19.6. The molecule has 0 bridgehead atoms. The SMILES string of the molecule is CN(C)C(=O)N1CCN(c2nc(-c3nnc(Cc4ccc(F)cc4)o3)c(O)c3ncccc23)C(=O)C1. The number of hydrogen-bond acceptors (Lipinski definition) is 8. The molecule has 4 heterocycles. The second-order valence-electron chi connectivity index (χ2n) is 8.48. The normalized spacial score (nSPS) is 13.9. The van der Waals surface area contributed by atoms with Crippen LogP contribution in [0.25, 0.3) is 22.5 Å². The third-order valence-electron chi connectivity index (χ3n) is 5.78. The van der Waals surface area contributed by atoms with E-state index in [0.29, 0.717) is 11.9 Å². The number of piperazine rings is 1. The van der Waals surface area contributed by atoms with Crippen LogP contribution in [0.3, 0.4) is 0 Å². The average Bonchev–Trinajstić information content (AvgIpc) is 3.33. The Morgan fingerprint density at radius 3 is 2.67 bits per heavy atom. The van der Waals surface area contributed by atoms with E-state index in [1.165, 1.54) is 33.0 Å². The lowest BCUT2D eigenvalue weighted by Gasteiger charge is -2.35. The first-order chi connectivity index (χ1) is 17.3. The highest BCUT2D eigenvalue weighted by molar-refractivity contribution is 6.05. The van der Waals surface area contributed by atoms with Crippen LogP contribution in [0, 0.1) is 5.82 Å². The van der Waals surface area contributed by atoms with E-state index in [1.807, 2.05) is 0 Å². The average molecular weight is 491 g/mol. The van der Waals surface area contributed by atoms with Crippen LogP contribution in [-0.4, -0.2) is 80.7 Å². The molecule has 1 aliphatic heterocycles. The number of nitrogens with zero attached hydrogens (tertiary/aromatic N) is 7. The van der Waals surface area contributed by atoms with Crippen molar-refractivity contribution < 1.29 is 23.5 Å². The number of aromatic nitrogens is 4. The summed E-state index contributed by atoms with van der Waals surface area (Å²) < 4.78 is 18.9. The van der Waals surface area contributed by atoms with Crippen molar-refractivity contribution in [3.8, 4) is 17.3 Å². The van der Waals surface area contributed by atoms with Gasteiger partial charge in [-0.2, -0.15) is 0 Å². The number of carbonyl (C=O) groups is 2. The lowest BCUT2D eigenvalue weighted by atomic mass is 10.1. The van der Waals surface area contributed by atoms with Crippen molar-refractivity contribution in [2.45, 2.75) is 6.42 Å². The van der Waals surface area contributed by atoms with Gasteiger partial charge in [-0.3, -0.25) is 14.7 Å². The third kappa shape index (κ3) is 4.28. The van der Waals surface area contributed by atoms with Crippen molar-refractivity contribution in [3.63, 3.8) is 0 Å². The summed E-state index contributed by atoms with van der Waals surface area (Å²) in [5.74, 6) is -0.476. The van der Waals surface area contributed by atoms with Crippen molar-refractivity contribution in [3.05, 3.63) is 59.9 Å². The van der Waals surface area contributed by atoms with Gasteiger partial charge < -0.3 is 19.3 Å². The molecule has 0 radical (unpaired) electrons. The first-order valence-corrected chi connectivity index (χ1v) is 11.1. The highest BCUT2D eigenvalue weighted by atomic mass is 19.1. The van der Waals surface area contributed by atoms with E-state index in [9.17, 15) is 19.1 Å². The van der Waals surface area contributed by atoms with Crippen molar-refractivity contribution in [1.29, 1.82) is 0 Å². The molecule has 3 amide bonds. The van der Waals surface area contributed by atoms with Crippen LogP contribution in [0.4, 0.5) is 15.0 Å². The van der Waals surface area contributed by atoms with Gasteiger partial charge in [0.2, 0.25) is 11.8 Å². The molecular formula is C24H22FN7O4. The number of urea groups is 1. The quantitative estimate of drug-likeness (QED) is 0.461. The zero-order valence-corrected chi connectivity index (χ0v) is 19.6. The molecule has 1 aromatic carbocycles. The van der Waals surface area contributed by atoms with Crippen LogP contribution in [0.5, 0.6) is 5.75 Å². The number of pyridine rings is 2. The minimum Gasteiger partial charge on any atom is -0.504 e. The van der Waals surface area contributed by atoms with Crippen LogP contribution < -0.4 is 4.90 Å². The van der Waals surface area contributed by atoms with Gasteiger partial charge in [0.25, 0.3) is 5.89 Å². The summed E-state index contributed by atoms with van der Waals surface area (Å²) in [7, 11) is 3.25. The number of anilines is 1. The van der Waals surface area contributed by atoms with Gasteiger partial charge in [0.05, 0.1) is 6.42 Å². The second kappa shape index (κ2) is 9.21. The topological polar surface area (TPSA) is 129 Å². The van der Waals surface area contributed by atoms with Gasteiger partial charge in [0.15, 0.2) is 11.4 Å². The van der Waals surface area contributed by atoms with Gasteiger partial charge in [0, 0.05) is 38.8 Å². The Bertz CT molecular complexity index is 1450. The highest BCUT2D eigenvalue weighted by Crippen LogP contribution is 2.37. The monoisotopic (exact) mass is 491 g/mol. The number of aromatic hydroxyl groups is 1. The molecule has 0 saturated carbocycles. The number of carbonyl (C=O) groups excluding carboxylic acids is 2. The molecule has 1 fully saturated rings. The highest BCUT2D eigenvalue weighted by Gasteiger charge is 2.32. The van der Waals surface area contributed by atoms with Gasteiger partial charge in [-0.1, -0.05) is 12.1 Å². The number of hydrogen-bond donors (Lipinski definition) is 1. The maximum atomic E-state index is 13.2. The van der Waals surface area contributed by atoms with E-state index < -0.39 is 0 Å². The Balaban J connectivity index is 1.50. The number of fused-ring (bicyclic) bond motifs is 1. The Morgan fingerprint density at radius 2 is 1.94 bits per heavy atom. The fourth-order valence-electron chi connectivity index (χ4n) is 4.00. The van der Waals surface area contributed by atoms with Crippen LogP contribution in [0.2, 0.25) is 0 Å². The van der Waals surface area contributed by atoms with Gasteiger partial charge >= 0.3 is 6.03 Å². The zero-order chi connectivity index (χ0) is 25.4. The van der Waals surface area contributed by atoms with E-state index >= 15 is 0 Å². The van der Waals surface area contributed by atoms with Crippen LogP contribution in [0.15, 0.2) is 47.0 Å². The Morgan fingerprint density at radius 1 is 1.17 bits per heavy atom. The molecule has 0 aliphatic carbocycles. The minimum atomic E-state index is -0.350. The maximum absolute atomic E-state index is 13.2. The molecule has 4 aromatic rings. The van der Waals surface area contributed by atoms with Gasteiger partial charge in [-0.05, 0) is 29.8 Å². The molecule has 0 atom stereocenters. The van der Waals surface area contributed by atoms with E-state index in [4.69, 9.17) is 4.42 Å². The van der Waals surface area contributed by atoms with E-state index in [-0.39, 0.29) is 71.8 Å². The largest absolute Gasteiger partial charge is 0.504 e. The Kier molecular flexibility index (Phi) is 5.92. The molecule has 0 unspecified atom stereocenters. The summed E-state index contributed by atoms with van der Waals surface area (Å²) in [6, 6.07) is 9.02. The van der Waals surface area contributed by atoms with Gasteiger partial charge in [-0.15, -0.1) is 10.2 Å². The predicted octanol–water partition coefficient (Wildman–Crippen LogP) is 2.45. The number of amides is 3. The minimum absolute atomic E-state index is 0.0198. The lowest BCUT2D eigenvalue weighted by molar-refractivity contribution is -0.120. The molecule has 3 aromatic heterocycles. The maximum Gasteiger partial charge on any atom is 0.320 e. The number of halogens is 1. The molecule has 1 N–H and O–H groups in total. The summed E-state index contributed by atoms with van der Waals surface area (Å²) in [5, 5.41) is 19.5. The fourth-order valence-corrected chi connectivity index (χ4v) is 4.00. The fraction of sp³-hybridized carbons (Fsp3) is 0.250. The summed E-state index contributed by atoms with van der Waals surface area (Å²) >= 11 is 0. The molecule has 1 saturated heterocycles. The molecule has 184 valence electrons. The van der Waals surface area contributed by atoms with E-state index in [2.05, 4.69) is 20.2 Å². The summed E-state index contributed by atoms with van der Waals surface area (Å²) in [4.78, 5) is 38.5. The van der Waals surface area contributed by atoms with Crippen LogP contribution >= 0.6 is 0 Å². The first kappa shape index (κ1) is 23.1. The smallest absolute Gasteiger partial charge is 0.320 e. The first-order valence-electron chi connectivity index (χ1n) is 11.1. The van der Waals surface area contributed by atoms with Gasteiger partial charge in [-0.25, -0.2) is 14.2 Å². The summed E-state index contributed by atoms with van der Waals surface area (Å²) in [5.41, 5.74) is 0.962. The second-order valence-corrected chi connectivity index (χ2v) is 8.48. The van der Waals surface area contributed by atoms with Gasteiger partial charge in [0.1, 0.15) is 23.7 Å². The Labute approximate surface area is 204 Å². The van der Waals surface area contributed by atoms with Crippen LogP contribution in [-0.2, 0) is 11.2 Å². The molecule has 0 spiro atoms. The van der Waals surface area contributed by atoms with E-state index in [1.54, 1.807) is 38.4 Å². The number of benzene rings is 1. The third-order valence-corrected chi connectivity index (χ3v) is 5.78. The van der Waals surface area contributed by atoms with Crippen LogP contribution in [0.1, 0.15) is 11.5 Å².